The molecule has 17 heavy (non-hydrogen) atoms. The van der Waals surface area contributed by atoms with Crippen molar-refractivity contribution in [3.05, 3.63) is 42.0 Å². The van der Waals surface area contributed by atoms with E-state index in [1.165, 1.54) is 5.56 Å². The lowest BCUT2D eigenvalue weighted by Crippen LogP contribution is -2.14. The molecule has 88 valence electrons. The van der Waals surface area contributed by atoms with Crippen LogP contribution >= 0.6 is 0 Å². The van der Waals surface area contributed by atoms with Crippen molar-refractivity contribution in [3.63, 3.8) is 0 Å². The summed E-state index contributed by atoms with van der Waals surface area (Å²) in [6, 6.07) is 12.1. The number of rotatable bonds is 4. The lowest BCUT2D eigenvalue weighted by molar-refractivity contribution is 0.974. The molecule has 0 saturated carbocycles. The van der Waals surface area contributed by atoms with Crippen molar-refractivity contribution in [1.29, 1.82) is 0 Å². The summed E-state index contributed by atoms with van der Waals surface area (Å²) < 4.78 is 0. The Labute approximate surface area is 101 Å². The third-order valence-electron chi connectivity index (χ3n) is 2.46. The van der Waals surface area contributed by atoms with Gasteiger partial charge in [0.05, 0.1) is 5.69 Å². The van der Waals surface area contributed by atoms with Crippen LogP contribution < -0.4 is 11.1 Å². The van der Waals surface area contributed by atoms with Gasteiger partial charge in [0.1, 0.15) is 5.82 Å². The molecule has 3 N–H and O–H groups in total. The summed E-state index contributed by atoms with van der Waals surface area (Å²) in [7, 11) is 0. The van der Waals surface area contributed by atoms with Crippen molar-refractivity contribution in [3.8, 4) is 11.3 Å². The molecule has 0 unspecified atom stereocenters. The Morgan fingerprint density at radius 3 is 2.41 bits per heavy atom. The number of aromatic nitrogens is 2. The molecule has 0 radical (unpaired) electrons. The molecule has 1 aromatic carbocycles. The summed E-state index contributed by atoms with van der Waals surface area (Å²) in [6.07, 6.45) is 0. The second kappa shape index (κ2) is 5.41. The first-order valence-corrected chi connectivity index (χ1v) is 5.64. The van der Waals surface area contributed by atoms with Crippen molar-refractivity contribution in [1.82, 2.24) is 10.2 Å². The van der Waals surface area contributed by atoms with E-state index in [0.29, 0.717) is 13.1 Å². The topological polar surface area (TPSA) is 63.8 Å². The number of aryl methyl sites for hydroxylation is 1. The van der Waals surface area contributed by atoms with Crippen molar-refractivity contribution >= 4 is 5.82 Å². The van der Waals surface area contributed by atoms with Crippen LogP contribution in [0.3, 0.4) is 0 Å². The zero-order chi connectivity index (χ0) is 12.1. The van der Waals surface area contributed by atoms with E-state index in [1.807, 2.05) is 24.3 Å². The largest absolute Gasteiger partial charge is 0.367 e. The highest BCUT2D eigenvalue weighted by atomic mass is 15.2. The molecule has 1 heterocycles. The van der Waals surface area contributed by atoms with E-state index in [9.17, 15) is 0 Å². The van der Waals surface area contributed by atoms with Crippen LogP contribution in [0.4, 0.5) is 5.82 Å². The van der Waals surface area contributed by atoms with Crippen LogP contribution in [0.25, 0.3) is 11.3 Å². The molecular formula is C13H16N4. The number of benzene rings is 1. The van der Waals surface area contributed by atoms with Crippen molar-refractivity contribution < 1.29 is 0 Å². The summed E-state index contributed by atoms with van der Waals surface area (Å²) in [4.78, 5) is 0. The second-order valence-electron chi connectivity index (χ2n) is 3.89. The fourth-order valence-corrected chi connectivity index (χ4v) is 1.51. The Hall–Kier alpha value is -1.94. The Morgan fingerprint density at radius 2 is 1.82 bits per heavy atom. The van der Waals surface area contributed by atoms with E-state index in [1.54, 1.807) is 0 Å². The highest BCUT2D eigenvalue weighted by molar-refractivity contribution is 5.59. The SMILES string of the molecule is Cc1ccc(-c2ccc(NCCN)nn2)cc1. The maximum Gasteiger partial charge on any atom is 0.148 e. The highest BCUT2D eigenvalue weighted by Crippen LogP contribution is 2.17. The van der Waals surface area contributed by atoms with Gasteiger partial charge < -0.3 is 11.1 Å². The van der Waals surface area contributed by atoms with Gasteiger partial charge in [-0.2, -0.15) is 0 Å². The van der Waals surface area contributed by atoms with Gasteiger partial charge in [-0.25, -0.2) is 0 Å². The number of anilines is 1. The average molecular weight is 228 g/mol. The Kier molecular flexibility index (Phi) is 3.67. The van der Waals surface area contributed by atoms with Gasteiger partial charge in [-0.05, 0) is 19.1 Å². The zero-order valence-corrected chi connectivity index (χ0v) is 9.85. The number of nitrogens with two attached hydrogens (primary N) is 1. The van der Waals surface area contributed by atoms with E-state index in [2.05, 4.69) is 34.6 Å². The smallest absolute Gasteiger partial charge is 0.148 e. The predicted molar refractivity (Wildman–Crippen MR) is 69.7 cm³/mol. The Balaban J connectivity index is 2.14. The molecular weight excluding hydrogens is 212 g/mol. The lowest BCUT2D eigenvalue weighted by atomic mass is 10.1. The van der Waals surface area contributed by atoms with Gasteiger partial charge in [0.15, 0.2) is 0 Å². The second-order valence-corrected chi connectivity index (χ2v) is 3.89. The van der Waals surface area contributed by atoms with Crippen LogP contribution in [-0.2, 0) is 0 Å². The van der Waals surface area contributed by atoms with Gasteiger partial charge >= 0.3 is 0 Å². The van der Waals surface area contributed by atoms with Crippen LogP contribution in [0.15, 0.2) is 36.4 Å². The van der Waals surface area contributed by atoms with Crippen LogP contribution in [0.1, 0.15) is 5.56 Å². The molecule has 0 aliphatic heterocycles. The summed E-state index contributed by atoms with van der Waals surface area (Å²) in [5.74, 6) is 0.756. The normalized spacial score (nSPS) is 10.2. The number of nitrogens with one attached hydrogen (secondary N) is 1. The van der Waals surface area contributed by atoms with Crippen LogP contribution in [0, 0.1) is 6.92 Å². The quantitative estimate of drug-likeness (QED) is 0.838. The third kappa shape index (κ3) is 3.01. The van der Waals surface area contributed by atoms with Gasteiger partial charge in [-0.1, -0.05) is 29.8 Å². The van der Waals surface area contributed by atoms with Crippen LogP contribution in [0.5, 0.6) is 0 Å². The minimum atomic E-state index is 0.585. The van der Waals surface area contributed by atoms with E-state index in [-0.39, 0.29) is 0 Å². The summed E-state index contributed by atoms with van der Waals surface area (Å²) in [5.41, 5.74) is 8.59. The van der Waals surface area contributed by atoms with E-state index < -0.39 is 0 Å². The van der Waals surface area contributed by atoms with E-state index in [0.717, 1.165) is 17.1 Å². The first kappa shape index (κ1) is 11.5. The monoisotopic (exact) mass is 228 g/mol. The standard InChI is InChI=1S/C13H16N4/c1-10-2-4-11(5-3-10)12-6-7-13(17-16-12)15-9-8-14/h2-7H,8-9,14H2,1H3,(H,15,17). The molecule has 0 bridgehead atoms. The number of hydrogen-bond donors (Lipinski definition) is 2. The summed E-state index contributed by atoms with van der Waals surface area (Å²) in [6.45, 7) is 3.36. The van der Waals surface area contributed by atoms with E-state index in [4.69, 9.17) is 5.73 Å². The van der Waals surface area contributed by atoms with Crippen molar-refractivity contribution in [2.45, 2.75) is 6.92 Å². The maximum atomic E-state index is 5.40. The van der Waals surface area contributed by atoms with Gasteiger partial charge in [0, 0.05) is 18.7 Å². The average Bonchev–Trinajstić information content (AvgIpc) is 2.38. The van der Waals surface area contributed by atoms with Crippen LogP contribution in [0.2, 0.25) is 0 Å². The fraction of sp³-hybridized carbons (Fsp3) is 0.231. The molecule has 1 aromatic heterocycles. The molecule has 0 amide bonds. The molecule has 0 atom stereocenters. The number of hydrogen-bond acceptors (Lipinski definition) is 4. The summed E-state index contributed by atoms with van der Waals surface area (Å²) >= 11 is 0. The first-order chi connectivity index (χ1) is 8.29. The molecule has 2 aromatic rings. The number of nitrogens with zero attached hydrogens (tertiary/aromatic N) is 2. The summed E-state index contributed by atoms with van der Waals surface area (Å²) in [5, 5.41) is 11.4. The van der Waals surface area contributed by atoms with Crippen molar-refractivity contribution in [2.75, 3.05) is 18.4 Å². The fourth-order valence-electron chi connectivity index (χ4n) is 1.51. The van der Waals surface area contributed by atoms with Gasteiger partial charge in [-0.15, -0.1) is 10.2 Å². The molecule has 0 saturated heterocycles. The first-order valence-electron chi connectivity index (χ1n) is 5.64. The third-order valence-corrected chi connectivity index (χ3v) is 2.46. The van der Waals surface area contributed by atoms with Crippen LogP contribution in [-0.4, -0.2) is 23.3 Å². The predicted octanol–water partition coefficient (Wildman–Crippen LogP) is 1.82. The Bertz CT molecular complexity index is 462. The Morgan fingerprint density at radius 1 is 1.06 bits per heavy atom. The molecule has 2 rings (SSSR count). The molecule has 0 aliphatic rings. The molecule has 0 aliphatic carbocycles. The lowest BCUT2D eigenvalue weighted by Gasteiger charge is -2.04. The van der Waals surface area contributed by atoms with Gasteiger partial charge in [-0.3, -0.25) is 0 Å². The van der Waals surface area contributed by atoms with Gasteiger partial charge in [0.25, 0.3) is 0 Å². The van der Waals surface area contributed by atoms with Crippen molar-refractivity contribution in [2.24, 2.45) is 5.73 Å². The molecule has 0 fully saturated rings. The molecule has 4 heteroatoms. The maximum absolute atomic E-state index is 5.40. The van der Waals surface area contributed by atoms with E-state index >= 15 is 0 Å². The minimum absolute atomic E-state index is 0.585. The molecule has 4 nitrogen and oxygen atoms in total. The van der Waals surface area contributed by atoms with Gasteiger partial charge in [0.2, 0.25) is 0 Å². The highest BCUT2D eigenvalue weighted by Gasteiger charge is 2.00. The zero-order valence-electron chi connectivity index (χ0n) is 9.85. The molecule has 0 spiro atoms. The minimum Gasteiger partial charge on any atom is -0.367 e.